The summed E-state index contributed by atoms with van der Waals surface area (Å²) in [5, 5.41) is 3.02. The Morgan fingerprint density at radius 3 is 1.21 bits per heavy atom. The second kappa shape index (κ2) is 60.1. The topological polar surface area (TPSA) is 114 Å². The van der Waals surface area contributed by atoms with Gasteiger partial charge in [-0.3, -0.25) is 14.2 Å². The zero-order chi connectivity index (χ0) is 59.3. The highest BCUT2D eigenvalue weighted by Crippen LogP contribution is 2.38. The van der Waals surface area contributed by atoms with Crippen molar-refractivity contribution in [3.63, 3.8) is 0 Å². The number of amides is 1. The lowest BCUT2D eigenvalue weighted by Crippen LogP contribution is -2.47. The Balaban J connectivity index is 5.10. The van der Waals surface area contributed by atoms with E-state index in [1.54, 1.807) is 0 Å². The van der Waals surface area contributed by atoms with E-state index in [9.17, 15) is 19.0 Å². The number of carbonyl (C=O) groups is 2. The maximum Gasteiger partial charge on any atom is 0.306 e. The van der Waals surface area contributed by atoms with Crippen LogP contribution in [0.3, 0.4) is 0 Å². The summed E-state index contributed by atoms with van der Waals surface area (Å²) in [6.07, 6.45) is 80.9. The minimum Gasteiger partial charge on any atom is -0.756 e. The van der Waals surface area contributed by atoms with Gasteiger partial charge in [-0.1, -0.05) is 266 Å². The van der Waals surface area contributed by atoms with E-state index in [-0.39, 0.29) is 24.9 Å². The van der Waals surface area contributed by atoms with E-state index in [1.807, 2.05) is 33.3 Å². The van der Waals surface area contributed by atoms with Gasteiger partial charge in [0, 0.05) is 12.8 Å². The van der Waals surface area contributed by atoms with Crippen LogP contribution in [0.25, 0.3) is 0 Å². The molecule has 0 aliphatic carbocycles. The monoisotopic (exact) mass is 1150 g/mol. The summed E-state index contributed by atoms with van der Waals surface area (Å²) in [4.78, 5) is 40.1. The van der Waals surface area contributed by atoms with Crippen LogP contribution in [-0.2, 0) is 27.9 Å². The van der Waals surface area contributed by atoms with Gasteiger partial charge >= 0.3 is 5.97 Å². The number of esters is 1. The molecule has 0 fully saturated rings. The second-order valence-electron chi connectivity index (χ2n) is 23.6. The van der Waals surface area contributed by atoms with Gasteiger partial charge in [0.05, 0.1) is 33.8 Å². The highest BCUT2D eigenvalue weighted by atomic mass is 31.2. The number of phosphoric ester groups is 1. The Hall–Kier alpha value is -3.07. The van der Waals surface area contributed by atoms with E-state index in [4.69, 9.17) is 13.8 Å². The van der Waals surface area contributed by atoms with Gasteiger partial charge in [0.15, 0.2) is 0 Å². The van der Waals surface area contributed by atoms with E-state index in [0.717, 1.165) is 128 Å². The molecule has 0 aliphatic heterocycles. The zero-order valence-electron chi connectivity index (χ0n) is 53.5. The first-order chi connectivity index (χ1) is 39.4. The fourth-order valence-electron chi connectivity index (χ4n) is 9.34. The van der Waals surface area contributed by atoms with Crippen LogP contribution in [-0.4, -0.2) is 69.4 Å². The lowest BCUT2D eigenvalue weighted by atomic mass is 10.0. The van der Waals surface area contributed by atoms with E-state index < -0.39 is 26.6 Å². The van der Waals surface area contributed by atoms with Crippen LogP contribution >= 0.6 is 7.82 Å². The Kier molecular flexibility index (Phi) is 57.8. The van der Waals surface area contributed by atoms with Gasteiger partial charge < -0.3 is 28.5 Å². The van der Waals surface area contributed by atoms with E-state index in [0.29, 0.717) is 17.4 Å². The Bertz CT molecular complexity index is 1710. The number of nitrogens with one attached hydrogen (secondary N) is 1. The highest BCUT2D eigenvalue weighted by Gasteiger charge is 2.27. The fraction of sp³-hybridized carbons (Fsp3) is 0.746. The molecular weight excluding hydrogens is 1020 g/mol. The summed E-state index contributed by atoms with van der Waals surface area (Å²) in [7, 11) is 1.17. The largest absolute Gasteiger partial charge is 0.756 e. The summed E-state index contributed by atoms with van der Waals surface area (Å²) in [6, 6.07) is -0.902. The highest BCUT2D eigenvalue weighted by molar-refractivity contribution is 7.45. The Labute approximate surface area is 500 Å². The predicted molar refractivity (Wildman–Crippen MR) is 348 cm³/mol. The van der Waals surface area contributed by atoms with Crippen LogP contribution in [0.1, 0.15) is 290 Å². The van der Waals surface area contributed by atoms with Crippen molar-refractivity contribution in [2.45, 2.75) is 303 Å². The van der Waals surface area contributed by atoms with Crippen LogP contribution in [0.2, 0.25) is 0 Å². The summed E-state index contributed by atoms with van der Waals surface area (Å²) in [6.45, 7) is 6.70. The minimum atomic E-state index is -4.71. The molecule has 0 aromatic heterocycles. The number of hydrogen-bond acceptors (Lipinski definition) is 7. The number of allylic oxidation sites excluding steroid dienone is 15. The average Bonchev–Trinajstić information content (AvgIpc) is 3.44. The van der Waals surface area contributed by atoms with Crippen molar-refractivity contribution in [1.29, 1.82) is 0 Å². The molecule has 0 spiro atoms. The Morgan fingerprint density at radius 2 is 0.790 bits per heavy atom. The van der Waals surface area contributed by atoms with Crippen molar-refractivity contribution in [3.8, 4) is 0 Å². The smallest absolute Gasteiger partial charge is 0.306 e. The predicted octanol–water partition coefficient (Wildman–Crippen LogP) is 20.5. The molecule has 0 saturated carbocycles. The average molecular weight is 1150 g/mol. The number of carbonyl (C=O) groups excluding carboxylic acids is 2. The van der Waals surface area contributed by atoms with Crippen molar-refractivity contribution in [2.24, 2.45) is 0 Å². The molecule has 10 heteroatoms. The number of nitrogens with zero attached hydrogens (tertiary/aromatic N) is 1. The van der Waals surface area contributed by atoms with Gasteiger partial charge in [-0.25, -0.2) is 0 Å². The number of quaternary nitrogens is 1. The molecule has 0 radical (unpaired) electrons. The standard InChI is InChI=1S/C71H127N2O7P/c1-7-10-13-16-19-22-25-28-30-32-33-34-35-36-37-38-39-40-41-42-44-46-49-52-55-58-61-64-71(75)80-69(62-59-56-53-50-47-27-24-21-18-15-12-9-3)68(67-79-81(76,77)78-66-65-73(4,5)6)72-70(74)63-60-57-54-51-48-45-43-31-29-26-23-20-17-14-11-8-2/h11,14,19-20,22-23,28-31,33-34,36-37,59,62,68-69H,7-10,12-13,15-18,21,24-27,32,35,38-58,60-61,63-67H2,1-6H3,(H-,72,74,76,77)/b14-11+,22-19-,23-20+,30-28-,31-29+,34-33-,37-36-,62-59-. The van der Waals surface area contributed by atoms with Gasteiger partial charge in [-0.05, 0) is 109 Å². The van der Waals surface area contributed by atoms with Crippen molar-refractivity contribution in [1.82, 2.24) is 5.32 Å². The number of hydrogen-bond donors (Lipinski definition) is 1. The number of likely N-dealkylation sites (N-methyl/N-ethyl adjacent to an activating group) is 1. The second-order valence-corrected chi connectivity index (χ2v) is 25.0. The van der Waals surface area contributed by atoms with Crippen molar-refractivity contribution < 1.29 is 37.3 Å². The Morgan fingerprint density at radius 1 is 0.444 bits per heavy atom. The first-order valence-corrected chi connectivity index (χ1v) is 35.0. The van der Waals surface area contributed by atoms with Crippen LogP contribution in [0, 0.1) is 0 Å². The molecule has 0 aromatic carbocycles. The third-order valence-electron chi connectivity index (χ3n) is 14.5. The molecule has 0 bridgehead atoms. The van der Waals surface area contributed by atoms with Crippen molar-refractivity contribution in [3.05, 3.63) is 97.2 Å². The molecule has 9 nitrogen and oxygen atoms in total. The molecule has 81 heavy (non-hydrogen) atoms. The third kappa shape index (κ3) is 61.3. The van der Waals surface area contributed by atoms with Crippen LogP contribution in [0.15, 0.2) is 97.2 Å². The van der Waals surface area contributed by atoms with Crippen LogP contribution < -0.4 is 10.2 Å². The molecule has 1 N–H and O–H groups in total. The maximum absolute atomic E-state index is 13.5. The van der Waals surface area contributed by atoms with E-state index in [2.05, 4.69) is 111 Å². The van der Waals surface area contributed by atoms with Crippen molar-refractivity contribution in [2.75, 3.05) is 40.9 Å². The van der Waals surface area contributed by atoms with Gasteiger partial charge in [-0.2, -0.15) is 0 Å². The third-order valence-corrected chi connectivity index (χ3v) is 15.5. The summed E-state index contributed by atoms with van der Waals surface area (Å²) >= 11 is 0. The summed E-state index contributed by atoms with van der Waals surface area (Å²) < 4.78 is 30.4. The van der Waals surface area contributed by atoms with Gasteiger partial charge in [-0.15, -0.1) is 0 Å². The molecule has 3 unspecified atom stereocenters. The first-order valence-electron chi connectivity index (χ1n) is 33.5. The molecule has 1 amide bonds. The normalized spacial score (nSPS) is 14.2. The SMILES string of the molecule is CC/C=C/C/C=C/C/C=C/CCCCCCCCC(=O)NC(COP(=O)([O-])OCC[N+](C)(C)C)C(/C=C\CCCCCCCCCCCC)OC(=O)CCCCCCCCCCCCC/C=C\C/C=C\C/C=C\C/C=C\CCCCC. The zero-order valence-corrected chi connectivity index (χ0v) is 54.4. The number of rotatable bonds is 60. The van der Waals surface area contributed by atoms with E-state index >= 15 is 0 Å². The number of unbranched alkanes of at least 4 members (excludes halogenated alkanes) is 30. The molecule has 0 heterocycles. The molecule has 0 rings (SSSR count). The number of phosphoric acid groups is 1. The minimum absolute atomic E-state index is 0.0293. The summed E-state index contributed by atoms with van der Waals surface area (Å²) in [5.41, 5.74) is 0. The maximum atomic E-state index is 13.5. The summed E-state index contributed by atoms with van der Waals surface area (Å²) in [5.74, 6) is -0.559. The molecule has 0 saturated heterocycles. The first kappa shape index (κ1) is 77.9. The molecule has 3 atom stereocenters. The number of ether oxygens (including phenoxy) is 1. The van der Waals surface area contributed by atoms with Gasteiger partial charge in [0.2, 0.25) is 5.91 Å². The molecule has 0 aliphatic rings. The van der Waals surface area contributed by atoms with Crippen molar-refractivity contribution >= 4 is 19.7 Å². The van der Waals surface area contributed by atoms with Gasteiger partial charge in [0.1, 0.15) is 19.3 Å². The molecule has 0 aromatic rings. The van der Waals surface area contributed by atoms with Crippen LogP contribution in [0.5, 0.6) is 0 Å². The lowest BCUT2D eigenvalue weighted by molar-refractivity contribution is -0.870. The molecular formula is C71H127N2O7P. The fourth-order valence-corrected chi connectivity index (χ4v) is 10.1. The van der Waals surface area contributed by atoms with Crippen LogP contribution in [0.4, 0.5) is 0 Å². The molecule has 468 valence electrons. The quantitative estimate of drug-likeness (QED) is 0.0212. The van der Waals surface area contributed by atoms with E-state index in [1.165, 1.54) is 128 Å². The lowest BCUT2D eigenvalue weighted by Gasteiger charge is -2.30. The van der Waals surface area contributed by atoms with Gasteiger partial charge in [0.25, 0.3) is 7.82 Å².